The lowest BCUT2D eigenvalue weighted by Gasteiger charge is -2.42. The Labute approximate surface area is 239 Å². The number of carbonyl (C=O) groups excluding carboxylic acids is 1. The van der Waals surface area contributed by atoms with E-state index in [1.807, 2.05) is 112 Å². The van der Waals surface area contributed by atoms with Crippen molar-refractivity contribution in [2.24, 2.45) is 10.9 Å². The highest BCUT2D eigenvalue weighted by molar-refractivity contribution is 6.02. The molecular formula is C35H32N2O4. The van der Waals surface area contributed by atoms with Crippen LogP contribution in [-0.4, -0.2) is 29.7 Å². The molecule has 5 atom stereocenters. The number of aliphatic imine (C=N–C) groups is 1. The van der Waals surface area contributed by atoms with Crippen LogP contribution < -0.4 is 10.1 Å². The molecule has 0 aromatic heterocycles. The van der Waals surface area contributed by atoms with Crippen molar-refractivity contribution in [3.8, 4) is 5.75 Å². The van der Waals surface area contributed by atoms with E-state index in [1.165, 1.54) is 7.11 Å². The van der Waals surface area contributed by atoms with Crippen molar-refractivity contribution in [1.29, 1.82) is 0 Å². The van der Waals surface area contributed by atoms with E-state index in [-0.39, 0.29) is 0 Å². The molecule has 3 aliphatic rings. The summed E-state index contributed by atoms with van der Waals surface area (Å²) in [4.78, 5) is 19.4. The number of nitrogens with zero attached hydrogens (tertiary/aromatic N) is 1. The molecule has 2 aliphatic heterocycles. The zero-order valence-corrected chi connectivity index (χ0v) is 23.5. The van der Waals surface area contributed by atoms with Crippen LogP contribution in [-0.2, 0) is 20.7 Å². The first-order valence-corrected chi connectivity index (χ1v) is 13.9. The number of hydrogen-bond acceptors (Lipinski definition) is 6. The van der Waals surface area contributed by atoms with E-state index in [0.29, 0.717) is 11.6 Å². The Balaban J connectivity index is 1.67. The van der Waals surface area contributed by atoms with E-state index in [4.69, 9.17) is 14.5 Å². The molecule has 1 aliphatic carbocycles. The van der Waals surface area contributed by atoms with E-state index >= 15 is 0 Å². The Hall–Kier alpha value is -4.42. The highest BCUT2D eigenvalue weighted by atomic mass is 16.5. The third-order valence-corrected chi connectivity index (χ3v) is 9.12. The second-order valence-electron chi connectivity index (χ2n) is 11.5. The molecule has 0 bridgehead atoms. The third kappa shape index (κ3) is 3.17. The molecule has 2 heterocycles. The van der Waals surface area contributed by atoms with E-state index in [0.717, 1.165) is 38.9 Å². The Morgan fingerprint density at radius 2 is 1.56 bits per heavy atom. The smallest absolute Gasteiger partial charge is 0.314 e. The lowest BCUT2D eigenvalue weighted by Crippen LogP contribution is -2.62. The van der Waals surface area contributed by atoms with Crippen molar-refractivity contribution in [3.63, 3.8) is 0 Å². The van der Waals surface area contributed by atoms with Gasteiger partial charge in [0.1, 0.15) is 17.5 Å². The molecule has 206 valence electrons. The fraction of sp³-hybridized carbons (Fsp3) is 0.257. The average molecular weight is 545 g/mol. The van der Waals surface area contributed by atoms with Gasteiger partial charge >= 0.3 is 5.97 Å². The molecule has 7 rings (SSSR count). The lowest BCUT2D eigenvalue weighted by molar-refractivity contribution is -0.158. The minimum atomic E-state index is -1.89. The molecule has 0 radical (unpaired) electrons. The zero-order valence-electron chi connectivity index (χ0n) is 23.5. The number of esters is 1. The third-order valence-electron chi connectivity index (χ3n) is 9.12. The summed E-state index contributed by atoms with van der Waals surface area (Å²) >= 11 is 0. The van der Waals surface area contributed by atoms with Crippen LogP contribution in [0.3, 0.4) is 0 Å². The summed E-state index contributed by atoms with van der Waals surface area (Å²) in [5.41, 5.74) is 1.73. The predicted octanol–water partition coefficient (Wildman–Crippen LogP) is 5.42. The fourth-order valence-corrected chi connectivity index (χ4v) is 7.64. The van der Waals surface area contributed by atoms with Crippen LogP contribution in [0.4, 0.5) is 0 Å². The first-order chi connectivity index (χ1) is 19.8. The standard InChI is InChI=1S/C35H32N2O4/c1-21-15-17-26(18-16-21)33-29(24-11-7-5-8-12-24)30(32(38)40-4)35(39)34(33,28-23(3)19-22(2)20-27(28)41-33)36-31(37-35)25-13-9-6-10-14-25/h5-20,29-30,39H,1-4H3,(H,36,37)/t29-,30+,33+,34-,35-/m1/s1. The molecule has 6 heteroatoms. The number of aryl methyl sites for hydroxylation is 3. The number of nitrogens with one attached hydrogen (secondary N) is 1. The largest absolute Gasteiger partial charge is 0.478 e. The molecule has 0 saturated heterocycles. The van der Waals surface area contributed by atoms with Crippen LogP contribution in [0.25, 0.3) is 0 Å². The van der Waals surface area contributed by atoms with Gasteiger partial charge in [0.15, 0.2) is 16.9 Å². The normalized spacial score (nSPS) is 29.0. The summed E-state index contributed by atoms with van der Waals surface area (Å²) in [5.74, 6) is -1.08. The summed E-state index contributed by atoms with van der Waals surface area (Å²) in [7, 11) is 1.37. The Kier molecular flexibility index (Phi) is 5.47. The van der Waals surface area contributed by atoms with Crippen LogP contribution in [0.1, 0.15) is 44.9 Å². The average Bonchev–Trinajstić information content (AvgIpc) is 3.51. The Morgan fingerprint density at radius 1 is 0.902 bits per heavy atom. The van der Waals surface area contributed by atoms with Crippen LogP contribution in [0.15, 0.2) is 102 Å². The van der Waals surface area contributed by atoms with Gasteiger partial charge < -0.3 is 19.9 Å². The van der Waals surface area contributed by atoms with Gasteiger partial charge in [-0.3, -0.25) is 4.79 Å². The van der Waals surface area contributed by atoms with Gasteiger partial charge in [-0.2, -0.15) is 0 Å². The molecule has 0 amide bonds. The monoisotopic (exact) mass is 544 g/mol. The van der Waals surface area contributed by atoms with Crippen LogP contribution >= 0.6 is 0 Å². The van der Waals surface area contributed by atoms with Crippen molar-refractivity contribution in [3.05, 3.63) is 136 Å². The maximum atomic E-state index is 14.0. The SMILES string of the molecule is COC(=O)[C@@H]1[C@@H](c2ccccc2)[C@]2(c3ccc(C)cc3)Oc3cc(C)cc(C)c3[C@@]23N=C(c2ccccc2)N[C@@]13O. The van der Waals surface area contributed by atoms with Crippen molar-refractivity contribution in [2.75, 3.05) is 7.11 Å². The quantitative estimate of drug-likeness (QED) is 0.336. The second kappa shape index (κ2) is 8.79. The number of methoxy groups -OCH3 is 1. The summed E-state index contributed by atoms with van der Waals surface area (Å²) in [6.07, 6.45) is 0. The van der Waals surface area contributed by atoms with Gasteiger partial charge in [-0.1, -0.05) is 96.6 Å². The Morgan fingerprint density at radius 3 is 2.22 bits per heavy atom. The minimum Gasteiger partial charge on any atom is -0.478 e. The molecule has 2 N–H and O–H groups in total. The molecule has 4 aromatic rings. The van der Waals surface area contributed by atoms with E-state index in [1.54, 1.807) is 0 Å². The van der Waals surface area contributed by atoms with Gasteiger partial charge in [-0.15, -0.1) is 0 Å². The number of rotatable bonds is 4. The molecule has 1 fully saturated rings. The van der Waals surface area contributed by atoms with Gasteiger partial charge in [-0.05, 0) is 49.1 Å². The zero-order chi connectivity index (χ0) is 28.6. The van der Waals surface area contributed by atoms with Gasteiger partial charge in [0.05, 0.1) is 7.11 Å². The fourth-order valence-electron chi connectivity index (χ4n) is 7.64. The number of aliphatic hydroxyl groups is 1. The van der Waals surface area contributed by atoms with Crippen molar-refractivity contribution in [1.82, 2.24) is 5.32 Å². The highest BCUT2D eigenvalue weighted by Crippen LogP contribution is 2.74. The summed E-state index contributed by atoms with van der Waals surface area (Å²) in [5, 5.41) is 16.6. The molecule has 1 saturated carbocycles. The molecule has 1 spiro atoms. The number of carbonyl (C=O) groups is 1. The van der Waals surface area contributed by atoms with Crippen LogP contribution in [0.2, 0.25) is 0 Å². The molecular weight excluding hydrogens is 512 g/mol. The molecule has 0 unspecified atom stereocenters. The number of fused-ring (bicyclic) bond motifs is 1. The highest BCUT2D eigenvalue weighted by Gasteiger charge is 2.86. The maximum Gasteiger partial charge on any atom is 0.314 e. The number of benzene rings is 4. The van der Waals surface area contributed by atoms with Crippen molar-refractivity contribution < 1.29 is 19.4 Å². The second-order valence-corrected chi connectivity index (χ2v) is 11.5. The minimum absolute atomic E-state index is 0.501. The molecule has 6 nitrogen and oxygen atoms in total. The molecule has 4 aromatic carbocycles. The first kappa shape index (κ1) is 25.5. The van der Waals surface area contributed by atoms with E-state index in [2.05, 4.69) is 11.4 Å². The van der Waals surface area contributed by atoms with Gasteiger partial charge in [0.25, 0.3) is 0 Å². The van der Waals surface area contributed by atoms with Crippen molar-refractivity contribution >= 4 is 11.8 Å². The van der Waals surface area contributed by atoms with Crippen molar-refractivity contribution in [2.45, 2.75) is 43.6 Å². The summed E-state index contributed by atoms with van der Waals surface area (Å²) in [6, 6.07) is 31.8. The van der Waals surface area contributed by atoms with Gasteiger partial charge in [0, 0.05) is 17.0 Å². The van der Waals surface area contributed by atoms with Gasteiger partial charge in [0.2, 0.25) is 0 Å². The summed E-state index contributed by atoms with van der Waals surface area (Å²) in [6.45, 7) is 6.09. The lowest BCUT2D eigenvalue weighted by atomic mass is 9.68. The topological polar surface area (TPSA) is 80.2 Å². The van der Waals surface area contributed by atoms with Crippen LogP contribution in [0, 0.1) is 26.7 Å². The molecule has 41 heavy (non-hydrogen) atoms. The van der Waals surface area contributed by atoms with E-state index < -0.39 is 34.7 Å². The van der Waals surface area contributed by atoms with Gasteiger partial charge in [-0.25, -0.2) is 4.99 Å². The number of hydrogen-bond donors (Lipinski definition) is 2. The maximum absolute atomic E-state index is 14.0. The predicted molar refractivity (Wildman–Crippen MR) is 157 cm³/mol. The summed E-state index contributed by atoms with van der Waals surface area (Å²) < 4.78 is 12.7. The van der Waals surface area contributed by atoms with E-state index in [9.17, 15) is 9.90 Å². The first-order valence-electron chi connectivity index (χ1n) is 13.9. The number of ether oxygens (including phenoxy) is 2. The number of amidine groups is 1. The Bertz CT molecular complexity index is 1700. The van der Waals surface area contributed by atoms with Crippen LogP contribution in [0.5, 0.6) is 5.75 Å².